The first-order valence-electron chi connectivity index (χ1n) is 5.30. The van der Waals surface area contributed by atoms with Gasteiger partial charge in [-0.3, -0.25) is 4.79 Å². The maximum Gasteiger partial charge on any atom is 0.311 e. The lowest BCUT2D eigenvalue weighted by atomic mass is 9.97. The molecule has 0 aromatic carbocycles. The molecule has 1 aliphatic carbocycles. The van der Waals surface area contributed by atoms with Crippen LogP contribution < -0.4 is 0 Å². The summed E-state index contributed by atoms with van der Waals surface area (Å²) >= 11 is 0. The molecule has 0 heterocycles. The Hall–Kier alpha value is -0.640. The molecule has 0 amide bonds. The summed E-state index contributed by atoms with van der Waals surface area (Å²) in [7, 11) is 0. The summed E-state index contributed by atoms with van der Waals surface area (Å²) < 4.78 is 18.0. The van der Waals surface area contributed by atoms with Gasteiger partial charge in [-0.05, 0) is 39.5 Å². The van der Waals surface area contributed by atoms with Crippen LogP contribution in [0, 0.1) is 11.3 Å². The average Bonchev–Trinajstić information content (AvgIpc) is 2.41. The molecule has 3 atom stereocenters. The largest absolute Gasteiger partial charge is 0.465 e. The molecule has 1 saturated carbocycles. The van der Waals surface area contributed by atoms with E-state index in [9.17, 15) is 14.3 Å². The highest BCUT2D eigenvalue weighted by molar-refractivity contribution is 5.75. The topological polar surface area (TPSA) is 46.5 Å². The fourth-order valence-corrected chi connectivity index (χ4v) is 1.61. The maximum atomic E-state index is 12.9. The average molecular weight is 218 g/mol. The molecule has 0 aliphatic heterocycles. The van der Waals surface area contributed by atoms with Gasteiger partial charge in [0.2, 0.25) is 0 Å². The Balaban J connectivity index is 2.30. The summed E-state index contributed by atoms with van der Waals surface area (Å²) in [6.45, 7) is 5.54. The van der Waals surface area contributed by atoms with Gasteiger partial charge in [0.15, 0.2) is 0 Å². The summed E-state index contributed by atoms with van der Waals surface area (Å²) in [5.74, 6) is -0.319. The number of esters is 1. The van der Waals surface area contributed by atoms with Crippen LogP contribution in [0.5, 0.6) is 0 Å². The Morgan fingerprint density at radius 2 is 2.07 bits per heavy atom. The van der Waals surface area contributed by atoms with Crippen molar-refractivity contribution < 1.29 is 19.0 Å². The molecule has 88 valence electrons. The van der Waals surface area contributed by atoms with E-state index in [1.54, 1.807) is 20.8 Å². The molecular formula is C11H19FO3. The lowest BCUT2D eigenvalue weighted by Crippen LogP contribution is -2.25. The third kappa shape index (κ3) is 3.45. The van der Waals surface area contributed by atoms with E-state index in [4.69, 9.17) is 4.74 Å². The van der Waals surface area contributed by atoms with Gasteiger partial charge < -0.3 is 9.84 Å². The van der Waals surface area contributed by atoms with E-state index >= 15 is 0 Å². The first-order chi connectivity index (χ1) is 6.80. The number of ether oxygens (including phenoxy) is 1. The molecule has 0 radical (unpaired) electrons. The summed E-state index contributed by atoms with van der Waals surface area (Å²) in [5, 5.41) is 9.18. The van der Waals surface area contributed by atoms with Crippen LogP contribution in [0.25, 0.3) is 0 Å². The molecule has 1 rings (SSSR count). The molecule has 0 unspecified atom stereocenters. The molecule has 1 N–H and O–H groups in total. The summed E-state index contributed by atoms with van der Waals surface area (Å²) in [6.07, 6.45) is -1.37. The number of aliphatic hydroxyl groups excluding tert-OH is 1. The number of aliphatic hydroxyl groups is 1. The van der Waals surface area contributed by atoms with E-state index in [0.29, 0.717) is 12.8 Å². The monoisotopic (exact) mass is 218 g/mol. The van der Waals surface area contributed by atoms with Crippen LogP contribution in [-0.4, -0.2) is 30.0 Å². The predicted molar refractivity (Wildman–Crippen MR) is 54.0 cm³/mol. The van der Waals surface area contributed by atoms with Crippen molar-refractivity contribution in [3.63, 3.8) is 0 Å². The van der Waals surface area contributed by atoms with Gasteiger partial charge in [-0.15, -0.1) is 0 Å². The molecular weight excluding hydrogens is 199 g/mol. The third-order valence-corrected chi connectivity index (χ3v) is 2.61. The van der Waals surface area contributed by atoms with Crippen molar-refractivity contribution in [2.45, 2.75) is 45.9 Å². The summed E-state index contributed by atoms with van der Waals surface area (Å²) in [5.41, 5.74) is -0.521. The predicted octanol–water partition coefficient (Wildman–Crippen LogP) is 1.68. The molecule has 0 aromatic rings. The first kappa shape index (κ1) is 12.4. The number of halogens is 1. The van der Waals surface area contributed by atoms with Crippen molar-refractivity contribution in [1.29, 1.82) is 0 Å². The highest BCUT2D eigenvalue weighted by atomic mass is 19.1. The SMILES string of the molecule is CC(C)(C)C(=O)OC[C@@H]1C[C@H](O)[C@@H](F)C1. The maximum absolute atomic E-state index is 12.9. The van der Waals surface area contributed by atoms with E-state index < -0.39 is 17.7 Å². The number of rotatable bonds is 2. The Bertz CT molecular complexity index is 224. The van der Waals surface area contributed by atoms with E-state index in [0.717, 1.165) is 0 Å². The fraction of sp³-hybridized carbons (Fsp3) is 0.909. The van der Waals surface area contributed by atoms with Gasteiger partial charge in [0.1, 0.15) is 6.17 Å². The minimum atomic E-state index is -1.16. The second kappa shape index (κ2) is 4.47. The second-order valence-electron chi connectivity index (χ2n) is 5.27. The minimum absolute atomic E-state index is 0.0405. The van der Waals surface area contributed by atoms with Crippen molar-refractivity contribution >= 4 is 5.97 Å². The highest BCUT2D eigenvalue weighted by Gasteiger charge is 2.34. The number of hydrogen-bond donors (Lipinski definition) is 1. The summed E-state index contributed by atoms with van der Waals surface area (Å²) in [6, 6.07) is 0. The van der Waals surface area contributed by atoms with Crippen molar-refractivity contribution in [3.05, 3.63) is 0 Å². The van der Waals surface area contributed by atoms with E-state index in [-0.39, 0.29) is 18.5 Å². The van der Waals surface area contributed by atoms with Crippen LogP contribution in [-0.2, 0) is 9.53 Å². The van der Waals surface area contributed by atoms with E-state index in [1.165, 1.54) is 0 Å². The van der Waals surface area contributed by atoms with Crippen molar-refractivity contribution in [2.24, 2.45) is 11.3 Å². The second-order valence-corrected chi connectivity index (χ2v) is 5.27. The van der Waals surface area contributed by atoms with Crippen LogP contribution in [0.4, 0.5) is 4.39 Å². The van der Waals surface area contributed by atoms with Crippen LogP contribution in [0.3, 0.4) is 0 Å². The van der Waals surface area contributed by atoms with Gasteiger partial charge in [0.05, 0.1) is 18.1 Å². The molecule has 4 heteroatoms. The Morgan fingerprint density at radius 3 is 2.47 bits per heavy atom. The highest BCUT2D eigenvalue weighted by Crippen LogP contribution is 2.29. The molecule has 0 aromatic heterocycles. The molecule has 0 saturated heterocycles. The van der Waals surface area contributed by atoms with Gasteiger partial charge in [-0.25, -0.2) is 4.39 Å². The fourth-order valence-electron chi connectivity index (χ4n) is 1.61. The number of carbonyl (C=O) groups excluding carboxylic acids is 1. The molecule has 1 fully saturated rings. The molecule has 3 nitrogen and oxygen atoms in total. The van der Waals surface area contributed by atoms with Crippen LogP contribution in [0.2, 0.25) is 0 Å². The van der Waals surface area contributed by atoms with Crippen LogP contribution in [0.1, 0.15) is 33.6 Å². The molecule has 0 bridgehead atoms. The minimum Gasteiger partial charge on any atom is -0.465 e. The van der Waals surface area contributed by atoms with E-state index in [2.05, 4.69) is 0 Å². The van der Waals surface area contributed by atoms with Gasteiger partial charge in [-0.2, -0.15) is 0 Å². The molecule has 0 spiro atoms. The standard InChI is InChI=1S/C11H19FO3/c1-11(2,3)10(14)15-6-7-4-8(12)9(13)5-7/h7-9,13H,4-6H2,1-3H3/t7-,8-,9-/m0/s1. The van der Waals surface area contributed by atoms with Crippen molar-refractivity contribution in [2.75, 3.05) is 6.61 Å². The van der Waals surface area contributed by atoms with Gasteiger partial charge in [0.25, 0.3) is 0 Å². The van der Waals surface area contributed by atoms with Gasteiger partial charge in [-0.1, -0.05) is 0 Å². The van der Waals surface area contributed by atoms with E-state index in [1.807, 2.05) is 0 Å². The van der Waals surface area contributed by atoms with Gasteiger partial charge in [0, 0.05) is 0 Å². The van der Waals surface area contributed by atoms with Crippen LogP contribution in [0.15, 0.2) is 0 Å². The number of carbonyl (C=O) groups is 1. The van der Waals surface area contributed by atoms with Gasteiger partial charge >= 0.3 is 5.97 Å². The zero-order valence-corrected chi connectivity index (χ0v) is 9.50. The first-order valence-corrected chi connectivity index (χ1v) is 5.30. The zero-order valence-electron chi connectivity index (χ0n) is 9.50. The zero-order chi connectivity index (χ0) is 11.6. The number of hydrogen-bond acceptors (Lipinski definition) is 3. The van der Waals surface area contributed by atoms with Crippen LogP contribution >= 0.6 is 0 Å². The Morgan fingerprint density at radius 1 is 1.47 bits per heavy atom. The smallest absolute Gasteiger partial charge is 0.311 e. The number of alkyl halides is 1. The quantitative estimate of drug-likeness (QED) is 0.717. The lowest BCUT2D eigenvalue weighted by Gasteiger charge is -2.18. The van der Waals surface area contributed by atoms with Crippen molar-refractivity contribution in [3.8, 4) is 0 Å². The third-order valence-electron chi connectivity index (χ3n) is 2.61. The Labute approximate surface area is 89.6 Å². The molecule has 1 aliphatic rings. The normalized spacial score (nSPS) is 31.7. The molecule has 15 heavy (non-hydrogen) atoms. The Kier molecular flexibility index (Phi) is 3.71. The summed E-state index contributed by atoms with van der Waals surface area (Å²) in [4.78, 5) is 11.4. The van der Waals surface area contributed by atoms with Crippen molar-refractivity contribution in [1.82, 2.24) is 0 Å². The lowest BCUT2D eigenvalue weighted by molar-refractivity contribution is -0.154.